The van der Waals surface area contributed by atoms with Gasteiger partial charge in [0.15, 0.2) is 0 Å². The SMILES string of the molecule is CN(C)CCN(C)S(=O)(=O)c1cc([N+](=O)[O-])ccc1N(CCCS(=O)(=O)O)CCCS(=O)(=O)O. The highest BCUT2D eigenvalue weighted by molar-refractivity contribution is 7.89. The molecule has 1 aromatic carbocycles. The molecule has 0 radical (unpaired) electrons. The number of likely N-dealkylation sites (N-methyl/N-ethyl adjacent to an activating group) is 2. The van der Waals surface area contributed by atoms with E-state index >= 15 is 0 Å². The largest absolute Gasteiger partial charge is 0.370 e. The average Bonchev–Trinajstić information content (AvgIpc) is 2.68. The lowest BCUT2D eigenvalue weighted by Crippen LogP contribution is -2.35. The molecule has 1 rings (SSSR count). The Kier molecular flexibility index (Phi) is 10.8. The van der Waals surface area contributed by atoms with E-state index in [0.717, 1.165) is 16.4 Å². The molecule has 0 bridgehead atoms. The molecule has 0 aliphatic heterocycles. The number of sulfonamides is 1. The monoisotopic (exact) mass is 546 g/mol. The molecule has 0 amide bonds. The van der Waals surface area contributed by atoms with Crippen molar-refractivity contribution in [2.75, 3.05) is 63.7 Å². The average molecular weight is 547 g/mol. The first-order valence-electron chi connectivity index (χ1n) is 9.99. The number of anilines is 1. The Hall–Kier alpha value is -1.89. The third-order valence-electron chi connectivity index (χ3n) is 4.71. The van der Waals surface area contributed by atoms with Crippen LogP contribution in [0.15, 0.2) is 23.1 Å². The number of nitrogens with zero attached hydrogens (tertiary/aromatic N) is 4. The van der Waals surface area contributed by atoms with Gasteiger partial charge in [0.25, 0.3) is 25.9 Å². The van der Waals surface area contributed by atoms with Crippen LogP contribution < -0.4 is 4.90 Å². The first kappa shape index (κ1) is 30.1. The maximum atomic E-state index is 13.3. The van der Waals surface area contributed by atoms with E-state index in [1.807, 2.05) is 0 Å². The number of benzene rings is 1. The van der Waals surface area contributed by atoms with Crippen molar-refractivity contribution < 1.29 is 39.3 Å². The van der Waals surface area contributed by atoms with Crippen LogP contribution in [0.4, 0.5) is 11.4 Å². The molecule has 0 heterocycles. The van der Waals surface area contributed by atoms with E-state index in [-0.39, 0.29) is 38.2 Å². The fourth-order valence-electron chi connectivity index (χ4n) is 2.94. The molecule has 0 atom stereocenters. The van der Waals surface area contributed by atoms with Crippen molar-refractivity contribution in [3.63, 3.8) is 0 Å². The van der Waals surface area contributed by atoms with Crippen molar-refractivity contribution in [3.05, 3.63) is 28.3 Å². The fourth-order valence-corrected chi connectivity index (χ4v) is 5.32. The van der Waals surface area contributed by atoms with Crippen molar-refractivity contribution >= 4 is 41.6 Å². The summed E-state index contributed by atoms with van der Waals surface area (Å²) in [6, 6.07) is 3.15. The summed E-state index contributed by atoms with van der Waals surface area (Å²) in [6.07, 6.45) is -0.282. The van der Waals surface area contributed by atoms with Gasteiger partial charge in [-0.15, -0.1) is 0 Å². The van der Waals surface area contributed by atoms with Gasteiger partial charge < -0.3 is 9.80 Å². The Balaban J connectivity index is 3.48. The Morgan fingerprint density at radius 1 is 0.853 bits per heavy atom. The summed E-state index contributed by atoms with van der Waals surface area (Å²) in [7, 11) is -8.09. The molecule has 14 nitrogen and oxygen atoms in total. The number of nitro groups is 1. The van der Waals surface area contributed by atoms with Gasteiger partial charge in [-0.25, -0.2) is 8.42 Å². The third-order valence-corrected chi connectivity index (χ3v) is 8.20. The van der Waals surface area contributed by atoms with E-state index in [0.29, 0.717) is 6.54 Å². The molecular weight excluding hydrogens is 516 g/mol. The molecule has 1 aromatic rings. The number of hydrogen-bond acceptors (Lipinski definition) is 10. The van der Waals surface area contributed by atoms with Crippen molar-refractivity contribution in [2.45, 2.75) is 17.7 Å². The molecule has 0 unspecified atom stereocenters. The topological polar surface area (TPSA) is 196 Å². The summed E-state index contributed by atoms with van der Waals surface area (Å²) in [5.41, 5.74) is -0.493. The van der Waals surface area contributed by atoms with E-state index in [2.05, 4.69) is 0 Å². The summed E-state index contributed by atoms with van der Waals surface area (Å²) >= 11 is 0. The van der Waals surface area contributed by atoms with Gasteiger partial charge in [0.1, 0.15) is 4.90 Å². The van der Waals surface area contributed by atoms with E-state index in [1.165, 1.54) is 18.0 Å². The number of non-ortho nitro benzene ring substituents is 1. The van der Waals surface area contributed by atoms with Crippen molar-refractivity contribution in [2.24, 2.45) is 0 Å². The molecule has 0 aliphatic carbocycles. The fraction of sp³-hybridized carbons (Fsp3) is 0.647. The lowest BCUT2D eigenvalue weighted by molar-refractivity contribution is -0.385. The minimum atomic E-state index is -4.31. The Morgan fingerprint density at radius 3 is 1.76 bits per heavy atom. The molecule has 17 heteroatoms. The van der Waals surface area contributed by atoms with Gasteiger partial charge in [0.2, 0.25) is 10.0 Å². The molecule has 196 valence electrons. The van der Waals surface area contributed by atoms with Crippen LogP contribution in [0.3, 0.4) is 0 Å². The summed E-state index contributed by atoms with van der Waals surface area (Å²) in [4.78, 5) is 13.2. The van der Waals surface area contributed by atoms with E-state index in [4.69, 9.17) is 9.11 Å². The van der Waals surface area contributed by atoms with Gasteiger partial charge in [-0.3, -0.25) is 19.2 Å². The number of rotatable bonds is 15. The van der Waals surface area contributed by atoms with Crippen LogP contribution in [-0.4, -0.2) is 107 Å². The molecule has 0 fully saturated rings. The van der Waals surface area contributed by atoms with Gasteiger partial charge in [-0.1, -0.05) is 0 Å². The van der Waals surface area contributed by atoms with Crippen molar-refractivity contribution in [1.82, 2.24) is 9.21 Å². The Morgan fingerprint density at radius 2 is 1.35 bits per heavy atom. The van der Waals surface area contributed by atoms with Crippen LogP contribution >= 0.6 is 0 Å². The van der Waals surface area contributed by atoms with Crippen LogP contribution in [0.1, 0.15) is 12.8 Å². The highest BCUT2D eigenvalue weighted by atomic mass is 32.2. The number of nitro benzene ring substituents is 1. The Labute approximate surface area is 199 Å². The first-order chi connectivity index (χ1) is 15.4. The highest BCUT2D eigenvalue weighted by Gasteiger charge is 2.29. The summed E-state index contributed by atoms with van der Waals surface area (Å²) in [5, 5.41) is 11.3. The van der Waals surface area contributed by atoms with Crippen LogP contribution in [0, 0.1) is 10.1 Å². The lowest BCUT2D eigenvalue weighted by Gasteiger charge is -2.28. The van der Waals surface area contributed by atoms with Crippen molar-refractivity contribution in [1.29, 1.82) is 0 Å². The van der Waals surface area contributed by atoms with Gasteiger partial charge in [0.05, 0.1) is 22.1 Å². The number of hydrogen-bond donors (Lipinski definition) is 2. The lowest BCUT2D eigenvalue weighted by atomic mass is 10.2. The zero-order chi connectivity index (χ0) is 26.3. The molecule has 34 heavy (non-hydrogen) atoms. The summed E-state index contributed by atoms with van der Waals surface area (Å²) < 4.78 is 90.0. The minimum Gasteiger partial charge on any atom is -0.370 e. The Bertz CT molecular complexity index is 1130. The molecule has 0 saturated heterocycles. The standard InChI is InChI=1S/C17H30N4O10S3/c1-18(2)10-11-19(3)34(30,31)17-14-15(21(22)23)6-7-16(17)20(8-4-12-32(24,25)26)9-5-13-33(27,28)29/h6-7,14H,4-5,8-13H2,1-3H3,(H,24,25,26)(H,27,28,29). The smallest absolute Gasteiger partial charge is 0.270 e. The first-order valence-corrected chi connectivity index (χ1v) is 14.6. The summed E-state index contributed by atoms with van der Waals surface area (Å²) in [5.74, 6) is -1.28. The van der Waals surface area contributed by atoms with Crippen LogP contribution in [0.2, 0.25) is 0 Å². The maximum Gasteiger partial charge on any atom is 0.270 e. The second-order valence-corrected chi connectivity index (χ2v) is 13.0. The van der Waals surface area contributed by atoms with Gasteiger partial charge in [0, 0.05) is 45.4 Å². The van der Waals surface area contributed by atoms with Crippen molar-refractivity contribution in [3.8, 4) is 0 Å². The van der Waals surface area contributed by atoms with Crippen LogP contribution in [0.5, 0.6) is 0 Å². The van der Waals surface area contributed by atoms with Gasteiger partial charge in [-0.2, -0.15) is 21.1 Å². The maximum absolute atomic E-state index is 13.3. The quantitative estimate of drug-likeness (QED) is 0.172. The molecular formula is C17H30N4O10S3. The normalized spacial score (nSPS) is 12.9. The van der Waals surface area contributed by atoms with E-state index < -0.39 is 57.3 Å². The second kappa shape index (κ2) is 12.2. The molecule has 0 aliphatic rings. The predicted octanol–water partition coefficient (Wildman–Crippen LogP) is 0.139. The predicted molar refractivity (Wildman–Crippen MR) is 126 cm³/mol. The third kappa shape index (κ3) is 10.2. The molecule has 0 spiro atoms. The second-order valence-electron chi connectivity index (χ2n) is 7.81. The van der Waals surface area contributed by atoms with Crippen LogP contribution in [0.25, 0.3) is 0 Å². The molecule has 0 saturated carbocycles. The summed E-state index contributed by atoms with van der Waals surface area (Å²) in [6.45, 7) is 0.204. The van der Waals surface area contributed by atoms with Gasteiger partial charge >= 0.3 is 0 Å². The van der Waals surface area contributed by atoms with Gasteiger partial charge in [-0.05, 0) is 33.0 Å². The molecule has 2 N–H and O–H groups in total. The van der Waals surface area contributed by atoms with E-state index in [1.54, 1.807) is 19.0 Å². The highest BCUT2D eigenvalue weighted by Crippen LogP contribution is 2.32. The zero-order valence-corrected chi connectivity index (χ0v) is 21.5. The van der Waals surface area contributed by atoms with E-state index in [9.17, 15) is 35.4 Å². The molecule has 0 aromatic heterocycles. The minimum absolute atomic E-state index is 0.00650. The zero-order valence-electron chi connectivity index (χ0n) is 19.1. The van der Waals surface area contributed by atoms with Crippen LogP contribution in [-0.2, 0) is 30.3 Å².